The van der Waals surface area contributed by atoms with E-state index in [1.54, 1.807) is 6.07 Å². The van der Waals surface area contributed by atoms with Gasteiger partial charge in [0.05, 0.1) is 4.90 Å². The number of ether oxygens (including phenoxy) is 3. The second-order valence-corrected chi connectivity index (χ2v) is 7.74. The molecular weight excluding hydrogens is 388 g/mol. The first kappa shape index (κ1) is 21.7. The Balaban J connectivity index is 1.77. The van der Waals surface area contributed by atoms with E-state index < -0.39 is 28.0 Å². The Labute approximate surface area is 164 Å². The lowest BCUT2D eigenvalue weighted by Gasteiger charge is -2.18. The van der Waals surface area contributed by atoms with Crippen LogP contribution in [0.2, 0.25) is 0 Å². The molecule has 1 aliphatic heterocycles. The molecule has 0 saturated carbocycles. The lowest BCUT2D eigenvalue weighted by Crippen LogP contribution is -2.36. The van der Waals surface area contributed by atoms with Gasteiger partial charge in [0.2, 0.25) is 10.0 Å². The summed E-state index contributed by atoms with van der Waals surface area (Å²) >= 11 is 0. The van der Waals surface area contributed by atoms with Crippen LogP contribution in [0.4, 0.5) is 0 Å². The monoisotopic (exact) mass is 412 g/mol. The summed E-state index contributed by atoms with van der Waals surface area (Å²) in [6, 6.07) is 4.36. The maximum atomic E-state index is 12.3. The molecule has 2 N–H and O–H groups in total. The SMILES string of the molecule is C=CCNC(=O)C(C)OC(=O)CCCNS(=O)(=O)c1ccc2c(c1)OCCO2. The van der Waals surface area contributed by atoms with E-state index in [0.717, 1.165) is 0 Å². The quantitative estimate of drug-likeness (QED) is 0.330. The van der Waals surface area contributed by atoms with Gasteiger partial charge in [0.25, 0.3) is 5.91 Å². The summed E-state index contributed by atoms with van der Waals surface area (Å²) in [6.07, 6.45) is 0.786. The number of esters is 1. The summed E-state index contributed by atoms with van der Waals surface area (Å²) in [5.41, 5.74) is 0. The fourth-order valence-corrected chi connectivity index (χ4v) is 3.43. The zero-order valence-electron chi connectivity index (χ0n) is 15.6. The van der Waals surface area contributed by atoms with Crippen LogP contribution in [0, 0.1) is 0 Å². The molecule has 2 rings (SSSR count). The van der Waals surface area contributed by atoms with Crippen LogP contribution < -0.4 is 19.5 Å². The minimum Gasteiger partial charge on any atom is -0.486 e. The van der Waals surface area contributed by atoms with Crippen LogP contribution >= 0.6 is 0 Å². The van der Waals surface area contributed by atoms with Gasteiger partial charge in [-0.3, -0.25) is 9.59 Å². The molecule has 0 spiro atoms. The average molecular weight is 412 g/mol. The molecule has 0 radical (unpaired) electrons. The van der Waals surface area contributed by atoms with E-state index in [2.05, 4.69) is 16.6 Å². The largest absolute Gasteiger partial charge is 0.486 e. The van der Waals surface area contributed by atoms with Crippen molar-refractivity contribution in [3.63, 3.8) is 0 Å². The third-order valence-electron chi connectivity index (χ3n) is 3.77. The first-order valence-electron chi connectivity index (χ1n) is 8.81. The summed E-state index contributed by atoms with van der Waals surface area (Å²) in [4.78, 5) is 23.4. The van der Waals surface area contributed by atoms with Crippen LogP contribution in [0.3, 0.4) is 0 Å². The predicted molar refractivity (Wildman–Crippen MR) is 101 cm³/mol. The molecule has 1 aromatic rings. The van der Waals surface area contributed by atoms with Gasteiger partial charge in [-0.25, -0.2) is 13.1 Å². The third kappa shape index (κ3) is 6.24. The molecule has 28 heavy (non-hydrogen) atoms. The van der Waals surface area contributed by atoms with Gasteiger partial charge in [0.1, 0.15) is 13.2 Å². The standard InChI is InChI=1S/C18H24N2O7S/c1-3-8-19-18(22)13(2)27-17(21)5-4-9-20-28(23,24)14-6-7-15-16(12-14)26-11-10-25-15/h3,6-7,12-13,20H,1,4-5,8-11H2,2H3,(H,19,22). The Kier molecular flexibility index (Phi) is 7.82. The van der Waals surface area contributed by atoms with E-state index in [9.17, 15) is 18.0 Å². The van der Waals surface area contributed by atoms with Gasteiger partial charge >= 0.3 is 5.97 Å². The van der Waals surface area contributed by atoms with Gasteiger partial charge in [-0.05, 0) is 25.5 Å². The van der Waals surface area contributed by atoms with E-state index in [1.165, 1.54) is 25.1 Å². The van der Waals surface area contributed by atoms with Crippen molar-refractivity contribution in [3.8, 4) is 11.5 Å². The highest BCUT2D eigenvalue weighted by Gasteiger charge is 2.20. The zero-order chi connectivity index (χ0) is 20.6. The van der Waals surface area contributed by atoms with Crippen molar-refractivity contribution in [2.24, 2.45) is 0 Å². The van der Waals surface area contributed by atoms with E-state index in [1.807, 2.05) is 0 Å². The molecule has 1 atom stereocenters. The summed E-state index contributed by atoms with van der Waals surface area (Å²) in [6.45, 7) is 6.03. The zero-order valence-corrected chi connectivity index (χ0v) is 16.4. The molecule has 10 heteroatoms. The molecule has 1 aliphatic rings. The highest BCUT2D eigenvalue weighted by atomic mass is 32.2. The lowest BCUT2D eigenvalue weighted by molar-refractivity contribution is -0.154. The number of hydrogen-bond donors (Lipinski definition) is 2. The molecule has 0 saturated heterocycles. The van der Waals surface area contributed by atoms with Crippen LogP contribution in [0.5, 0.6) is 11.5 Å². The summed E-state index contributed by atoms with van der Waals surface area (Å²) < 4.78 is 42.8. The second kappa shape index (κ2) is 10.1. The van der Waals surface area contributed by atoms with Crippen LogP contribution in [0.25, 0.3) is 0 Å². The second-order valence-electron chi connectivity index (χ2n) is 5.97. The van der Waals surface area contributed by atoms with Crippen molar-refractivity contribution >= 4 is 21.9 Å². The molecule has 0 aliphatic carbocycles. The minimum absolute atomic E-state index is 0.0251. The van der Waals surface area contributed by atoms with Crippen molar-refractivity contribution in [3.05, 3.63) is 30.9 Å². The first-order valence-corrected chi connectivity index (χ1v) is 10.3. The van der Waals surface area contributed by atoms with E-state index in [-0.39, 0.29) is 30.8 Å². The number of nitrogens with one attached hydrogen (secondary N) is 2. The van der Waals surface area contributed by atoms with Gasteiger partial charge < -0.3 is 19.5 Å². The number of hydrogen-bond acceptors (Lipinski definition) is 7. The number of benzene rings is 1. The Morgan fingerprint density at radius 1 is 1.29 bits per heavy atom. The number of rotatable bonds is 10. The number of sulfonamides is 1. The number of fused-ring (bicyclic) bond motifs is 1. The maximum absolute atomic E-state index is 12.3. The molecule has 1 heterocycles. The van der Waals surface area contributed by atoms with Crippen LogP contribution in [0.1, 0.15) is 19.8 Å². The van der Waals surface area contributed by atoms with Crippen molar-refractivity contribution in [1.82, 2.24) is 10.0 Å². The van der Waals surface area contributed by atoms with Crippen molar-refractivity contribution in [2.75, 3.05) is 26.3 Å². The highest BCUT2D eigenvalue weighted by molar-refractivity contribution is 7.89. The van der Waals surface area contributed by atoms with E-state index in [4.69, 9.17) is 14.2 Å². The molecule has 9 nitrogen and oxygen atoms in total. The molecule has 1 aromatic carbocycles. The van der Waals surface area contributed by atoms with Gasteiger partial charge in [-0.2, -0.15) is 0 Å². The van der Waals surface area contributed by atoms with Gasteiger partial charge in [0, 0.05) is 25.6 Å². The third-order valence-corrected chi connectivity index (χ3v) is 5.23. The molecule has 0 aromatic heterocycles. The first-order chi connectivity index (χ1) is 13.3. The Morgan fingerprint density at radius 3 is 2.71 bits per heavy atom. The number of amides is 1. The molecule has 0 bridgehead atoms. The smallest absolute Gasteiger partial charge is 0.306 e. The number of carbonyl (C=O) groups is 2. The fourth-order valence-electron chi connectivity index (χ4n) is 2.34. The normalized spacial score (nSPS) is 14.0. The summed E-state index contributed by atoms with van der Waals surface area (Å²) in [7, 11) is -3.75. The van der Waals surface area contributed by atoms with Gasteiger partial charge in [-0.1, -0.05) is 6.08 Å². The maximum Gasteiger partial charge on any atom is 0.306 e. The van der Waals surface area contributed by atoms with Crippen molar-refractivity contribution in [2.45, 2.75) is 30.8 Å². The predicted octanol–water partition coefficient (Wildman–Crippen LogP) is 0.750. The Bertz CT molecular complexity index is 823. The molecular formula is C18H24N2O7S. The summed E-state index contributed by atoms with van der Waals surface area (Å²) in [5, 5.41) is 2.52. The van der Waals surface area contributed by atoms with Crippen molar-refractivity contribution < 1.29 is 32.2 Å². The minimum atomic E-state index is -3.75. The van der Waals surface area contributed by atoms with Gasteiger partial charge in [0.15, 0.2) is 17.6 Å². The van der Waals surface area contributed by atoms with E-state index >= 15 is 0 Å². The Morgan fingerprint density at radius 2 is 2.00 bits per heavy atom. The van der Waals surface area contributed by atoms with Crippen molar-refractivity contribution in [1.29, 1.82) is 0 Å². The fraction of sp³-hybridized carbons (Fsp3) is 0.444. The van der Waals surface area contributed by atoms with Crippen LogP contribution in [-0.4, -0.2) is 52.7 Å². The molecule has 0 fully saturated rings. The van der Waals surface area contributed by atoms with Gasteiger partial charge in [-0.15, -0.1) is 6.58 Å². The van der Waals surface area contributed by atoms with E-state index in [0.29, 0.717) is 24.7 Å². The average Bonchev–Trinajstić information content (AvgIpc) is 2.68. The summed E-state index contributed by atoms with van der Waals surface area (Å²) in [5.74, 6) is -0.132. The number of carbonyl (C=O) groups excluding carboxylic acids is 2. The lowest BCUT2D eigenvalue weighted by atomic mass is 10.3. The van der Waals surface area contributed by atoms with Crippen LogP contribution in [-0.2, 0) is 24.3 Å². The van der Waals surface area contributed by atoms with Crippen LogP contribution in [0.15, 0.2) is 35.7 Å². The topological polar surface area (TPSA) is 120 Å². The highest BCUT2D eigenvalue weighted by Crippen LogP contribution is 2.32. The Hall–Kier alpha value is -2.59. The molecule has 1 unspecified atom stereocenters. The molecule has 1 amide bonds. The molecule has 154 valence electrons.